The first-order chi connectivity index (χ1) is 12.2. The van der Waals surface area contributed by atoms with Crippen LogP contribution in [0.4, 0.5) is 0 Å². The first kappa shape index (κ1) is 17.5. The Morgan fingerprint density at radius 3 is 1.84 bits per heavy atom. The third-order valence-electron chi connectivity index (χ3n) is 5.68. The van der Waals surface area contributed by atoms with Gasteiger partial charge < -0.3 is 0 Å². The van der Waals surface area contributed by atoms with E-state index in [0.717, 1.165) is 0 Å². The first-order valence-electron chi connectivity index (χ1n) is 9.27. The molecule has 0 spiro atoms. The highest BCUT2D eigenvalue weighted by molar-refractivity contribution is 5.57. The van der Waals surface area contributed by atoms with Crippen LogP contribution in [0.15, 0.2) is 85.5 Å². The van der Waals surface area contributed by atoms with E-state index in [1.165, 1.54) is 17.5 Å². The summed E-state index contributed by atoms with van der Waals surface area (Å²) in [6.07, 6.45) is 12.7. The second kappa shape index (κ2) is 7.70. The highest BCUT2D eigenvalue weighted by atomic mass is 14.6. The van der Waals surface area contributed by atoms with Crippen LogP contribution in [0.5, 0.6) is 0 Å². The summed E-state index contributed by atoms with van der Waals surface area (Å²) in [6.45, 7) is 8.61. The van der Waals surface area contributed by atoms with Crippen molar-refractivity contribution in [2.45, 2.75) is 20.3 Å². The van der Waals surface area contributed by atoms with E-state index in [1.54, 1.807) is 0 Å². The monoisotopic (exact) mass is 328 g/mol. The van der Waals surface area contributed by atoms with Crippen LogP contribution in [0.2, 0.25) is 0 Å². The summed E-state index contributed by atoms with van der Waals surface area (Å²) in [5.74, 6) is 1.90. The van der Waals surface area contributed by atoms with Crippen molar-refractivity contribution in [2.24, 2.45) is 23.2 Å². The van der Waals surface area contributed by atoms with Gasteiger partial charge in [-0.3, -0.25) is 0 Å². The van der Waals surface area contributed by atoms with Crippen LogP contribution in [0.1, 0.15) is 31.4 Å². The second-order valence-electron chi connectivity index (χ2n) is 7.33. The van der Waals surface area contributed by atoms with Gasteiger partial charge in [-0.1, -0.05) is 105 Å². The SMILES string of the molecule is C=CC(C)C[C@@H]1[C@H](C)C1(/C=C/c1ccccc1)/C=C/c1ccccc1. The topological polar surface area (TPSA) is 0 Å². The fourth-order valence-corrected chi connectivity index (χ4v) is 3.83. The Kier molecular flexibility index (Phi) is 5.38. The largest absolute Gasteiger partial charge is 0.103 e. The van der Waals surface area contributed by atoms with Crippen molar-refractivity contribution < 1.29 is 0 Å². The molecule has 0 nitrogen and oxygen atoms in total. The molecule has 2 aromatic carbocycles. The molecule has 3 atom stereocenters. The molecule has 0 N–H and O–H groups in total. The summed E-state index contributed by atoms with van der Waals surface area (Å²) in [5, 5.41) is 0. The molecule has 1 fully saturated rings. The minimum absolute atomic E-state index is 0.156. The Balaban J connectivity index is 1.85. The molecule has 2 aromatic rings. The van der Waals surface area contributed by atoms with Crippen molar-refractivity contribution >= 4 is 12.2 Å². The maximum Gasteiger partial charge on any atom is 0.0128 e. The molecular weight excluding hydrogens is 300 g/mol. The fraction of sp³-hybridized carbons (Fsp3) is 0.280. The molecule has 1 aliphatic rings. The van der Waals surface area contributed by atoms with Gasteiger partial charge in [-0.25, -0.2) is 0 Å². The van der Waals surface area contributed by atoms with Crippen molar-refractivity contribution in [2.75, 3.05) is 0 Å². The molecule has 3 rings (SSSR count). The summed E-state index contributed by atoms with van der Waals surface area (Å²) in [6, 6.07) is 21.2. The Labute approximate surface area is 152 Å². The molecule has 0 heteroatoms. The van der Waals surface area contributed by atoms with Gasteiger partial charge in [-0.2, -0.15) is 0 Å². The van der Waals surface area contributed by atoms with Crippen LogP contribution in [-0.2, 0) is 0 Å². The quantitative estimate of drug-likeness (QED) is 0.486. The van der Waals surface area contributed by atoms with Gasteiger partial charge in [0.2, 0.25) is 0 Å². The molecule has 0 radical (unpaired) electrons. The minimum Gasteiger partial charge on any atom is -0.103 e. The smallest absolute Gasteiger partial charge is 0.0128 e. The summed E-state index contributed by atoms with van der Waals surface area (Å²) >= 11 is 0. The molecule has 1 unspecified atom stereocenters. The van der Waals surface area contributed by atoms with Crippen LogP contribution in [-0.4, -0.2) is 0 Å². The summed E-state index contributed by atoms with van der Waals surface area (Å²) in [7, 11) is 0. The Morgan fingerprint density at radius 2 is 1.40 bits per heavy atom. The molecule has 0 aromatic heterocycles. The van der Waals surface area contributed by atoms with Gasteiger partial charge in [-0.15, -0.1) is 6.58 Å². The lowest BCUT2D eigenvalue weighted by Gasteiger charge is -2.10. The number of allylic oxidation sites excluding steroid dienone is 3. The van der Waals surface area contributed by atoms with Crippen LogP contribution >= 0.6 is 0 Å². The maximum atomic E-state index is 3.97. The minimum atomic E-state index is 0.156. The van der Waals surface area contributed by atoms with Gasteiger partial charge in [0, 0.05) is 5.41 Å². The van der Waals surface area contributed by atoms with Crippen LogP contribution < -0.4 is 0 Å². The predicted molar refractivity (Wildman–Crippen MR) is 110 cm³/mol. The number of benzene rings is 2. The Bertz CT molecular complexity index is 687. The van der Waals surface area contributed by atoms with E-state index in [1.807, 2.05) is 0 Å². The number of hydrogen-bond acceptors (Lipinski definition) is 0. The van der Waals surface area contributed by atoms with Crippen LogP contribution in [0.25, 0.3) is 12.2 Å². The molecule has 1 aliphatic carbocycles. The van der Waals surface area contributed by atoms with Crippen molar-refractivity contribution in [1.29, 1.82) is 0 Å². The van der Waals surface area contributed by atoms with Crippen molar-refractivity contribution in [1.82, 2.24) is 0 Å². The Morgan fingerprint density at radius 1 is 0.920 bits per heavy atom. The lowest BCUT2D eigenvalue weighted by atomic mass is 9.94. The van der Waals surface area contributed by atoms with Crippen molar-refractivity contribution in [3.63, 3.8) is 0 Å². The maximum absolute atomic E-state index is 3.97. The zero-order valence-corrected chi connectivity index (χ0v) is 15.3. The molecule has 0 bridgehead atoms. The molecular formula is C25H28. The Hall–Kier alpha value is -2.34. The average Bonchev–Trinajstić information content (AvgIpc) is 3.22. The molecule has 0 amide bonds. The van der Waals surface area contributed by atoms with Gasteiger partial charge in [0.05, 0.1) is 0 Å². The molecule has 25 heavy (non-hydrogen) atoms. The predicted octanol–water partition coefficient (Wildman–Crippen LogP) is 6.88. The van der Waals surface area contributed by atoms with Crippen molar-refractivity contribution in [3.8, 4) is 0 Å². The van der Waals surface area contributed by atoms with E-state index in [2.05, 4.69) is 111 Å². The van der Waals surface area contributed by atoms with Gasteiger partial charge in [0.25, 0.3) is 0 Å². The summed E-state index contributed by atoms with van der Waals surface area (Å²) in [5.41, 5.74) is 2.69. The van der Waals surface area contributed by atoms with E-state index in [9.17, 15) is 0 Å². The number of rotatable bonds is 7. The van der Waals surface area contributed by atoms with Crippen LogP contribution in [0.3, 0.4) is 0 Å². The lowest BCUT2D eigenvalue weighted by molar-refractivity contribution is 0.539. The molecule has 0 aliphatic heterocycles. The lowest BCUT2D eigenvalue weighted by Crippen LogP contribution is -2.00. The van der Waals surface area contributed by atoms with Gasteiger partial charge in [0.15, 0.2) is 0 Å². The zero-order chi connectivity index (χ0) is 17.7. The molecule has 1 saturated carbocycles. The van der Waals surface area contributed by atoms with E-state index >= 15 is 0 Å². The number of hydrogen-bond donors (Lipinski definition) is 0. The van der Waals surface area contributed by atoms with Gasteiger partial charge >= 0.3 is 0 Å². The zero-order valence-electron chi connectivity index (χ0n) is 15.3. The highest BCUT2D eigenvalue weighted by Gasteiger charge is 2.57. The standard InChI is InChI=1S/C25H28/c1-4-20(2)19-24-21(3)25(24,17-15-22-11-7-5-8-12-22)18-16-23-13-9-6-10-14-23/h4-18,20-21,24H,1,19H2,2-3H3/b17-15+,18-16+/t20?,21-,24+/m0/s1. The third-order valence-corrected chi connectivity index (χ3v) is 5.68. The average molecular weight is 328 g/mol. The second-order valence-corrected chi connectivity index (χ2v) is 7.33. The first-order valence-corrected chi connectivity index (χ1v) is 9.27. The molecule has 0 heterocycles. The molecule has 0 saturated heterocycles. The molecule has 128 valence electrons. The van der Waals surface area contributed by atoms with E-state index in [0.29, 0.717) is 17.8 Å². The fourth-order valence-electron chi connectivity index (χ4n) is 3.83. The van der Waals surface area contributed by atoms with Gasteiger partial charge in [-0.05, 0) is 35.3 Å². The third kappa shape index (κ3) is 4.02. The van der Waals surface area contributed by atoms with E-state index < -0.39 is 0 Å². The van der Waals surface area contributed by atoms with Gasteiger partial charge in [0.1, 0.15) is 0 Å². The van der Waals surface area contributed by atoms with E-state index in [-0.39, 0.29) is 5.41 Å². The van der Waals surface area contributed by atoms with E-state index in [4.69, 9.17) is 0 Å². The van der Waals surface area contributed by atoms with Crippen LogP contribution in [0, 0.1) is 23.2 Å². The summed E-state index contributed by atoms with van der Waals surface area (Å²) in [4.78, 5) is 0. The summed E-state index contributed by atoms with van der Waals surface area (Å²) < 4.78 is 0. The normalized spacial score (nSPS) is 23.0. The highest BCUT2D eigenvalue weighted by Crippen LogP contribution is 2.63. The van der Waals surface area contributed by atoms with Crippen molar-refractivity contribution in [3.05, 3.63) is 96.6 Å².